The summed E-state index contributed by atoms with van der Waals surface area (Å²) in [5.41, 5.74) is 0. The van der Waals surface area contributed by atoms with Crippen LogP contribution in [0.15, 0.2) is 85.1 Å². The van der Waals surface area contributed by atoms with Crippen LogP contribution in [0.25, 0.3) is 0 Å². The van der Waals surface area contributed by atoms with Crippen molar-refractivity contribution in [2.45, 2.75) is 239 Å². The summed E-state index contributed by atoms with van der Waals surface area (Å²) in [7, 11) is 0. The van der Waals surface area contributed by atoms with Gasteiger partial charge in [-0.15, -0.1) is 0 Å². The first-order valence-electron chi connectivity index (χ1n) is 25.7. The number of allylic oxidation sites excluding steroid dienone is 14. The molecule has 0 aliphatic rings. The molecule has 0 fully saturated rings. The summed E-state index contributed by atoms with van der Waals surface area (Å²) in [6.07, 6.45) is 64.3. The SMILES string of the molecule is CC/C=C/C=C/C=C/C=C/C=C/CCCC(=O)OCC(COC(=O)CCCCCCC/C=C/CCCCCCCCC)OC(=O)CCCCCCCCC/C=C/CCCCCC. The fourth-order valence-corrected chi connectivity index (χ4v) is 6.87. The van der Waals surface area contributed by atoms with Gasteiger partial charge in [0.05, 0.1) is 0 Å². The second-order valence-electron chi connectivity index (χ2n) is 16.8. The van der Waals surface area contributed by atoms with Crippen molar-refractivity contribution in [3.63, 3.8) is 0 Å². The van der Waals surface area contributed by atoms with Crippen LogP contribution in [0.2, 0.25) is 0 Å². The van der Waals surface area contributed by atoms with Crippen LogP contribution >= 0.6 is 0 Å². The zero-order chi connectivity index (χ0) is 45.1. The highest BCUT2D eigenvalue weighted by Crippen LogP contribution is 2.14. The van der Waals surface area contributed by atoms with Gasteiger partial charge >= 0.3 is 17.9 Å². The molecule has 1 unspecified atom stereocenters. The Morgan fingerprint density at radius 3 is 1.10 bits per heavy atom. The number of esters is 3. The third kappa shape index (κ3) is 47.6. The molecule has 0 bridgehead atoms. The van der Waals surface area contributed by atoms with Gasteiger partial charge in [-0.3, -0.25) is 14.4 Å². The molecule has 62 heavy (non-hydrogen) atoms. The molecule has 0 amide bonds. The predicted octanol–water partition coefficient (Wildman–Crippen LogP) is 16.8. The average Bonchev–Trinajstić information content (AvgIpc) is 3.27. The van der Waals surface area contributed by atoms with Crippen LogP contribution in [-0.2, 0) is 28.6 Å². The van der Waals surface area contributed by atoms with E-state index in [2.05, 4.69) is 51.2 Å². The molecule has 0 aromatic carbocycles. The van der Waals surface area contributed by atoms with Gasteiger partial charge in [0.2, 0.25) is 0 Å². The average molecular weight is 863 g/mol. The first kappa shape index (κ1) is 58.6. The van der Waals surface area contributed by atoms with Gasteiger partial charge < -0.3 is 14.2 Å². The van der Waals surface area contributed by atoms with Gasteiger partial charge in [-0.1, -0.05) is 215 Å². The van der Waals surface area contributed by atoms with Crippen molar-refractivity contribution in [3.8, 4) is 0 Å². The summed E-state index contributed by atoms with van der Waals surface area (Å²) in [6, 6.07) is 0. The minimum atomic E-state index is -0.810. The minimum absolute atomic E-state index is 0.105. The third-order valence-electron chi connectivity index (χ3n) is 10.7. The van der Waals surface area contributed by atoms with Gasteiger partial charge in [-0.2, -0.15) is 0 Å². The molecular formula is C56H94O6. The number of hydrogen-bond donors (Lipinski definition) is 0. The van der Waals surface area contributed by atoms with Crippen molar-refractivity contribution >= 4 is 17.9 Å². The van der Waals surface area contributed by atoms with E-state index in [1.807, 2.05) is 54.7 Å². The van der Waals surface area contributed by atoms with Crippen LogP contribution < -0.4 is 0 Å². The lowest BCUT2D eigenvalue weighted by Gasteiger charge is -2.18. The van der Waals surface area contributed by atoms with Crippen molar-refractivity contribution < 1.29 is 28.6 Å². The van der Waals surface area contributed by atoms with E-state index in [0.29, 0.717) is 19.3 Å². The van der Waals surface area contributed by atoms with Crippen LogP contribution in [0.4, 0.5) is 0 Å². The number of rotatable bonds is 45. The van der Waals surface area contributed by atoms with Crippen LogP contribution in [-0.4, -0.2) is 37.2 Å². The van der Waals surface area contributed by atoms with E-state index in [0.717, 1.165) is 64.2 Å². The van der Waals surface area contributed by atoms with E-state index in [-0.39, 0.29) is 37.5 Å². The molecule has 0 rings (SSSR count). The maximum atomic E-state index is 12.8. The van der Waals surface area contributed by atoms with Gasteiger partial charge in [0.1, 0.15) is 13.2 Å². The second kappa shape index (κ2) is 50.2. The van der Waals surface area contributed by atoms with Crippen LogP contribution in [0, 0.1) is 0 Å². The van der Waals surface area contributed by atoms with Crippen molar-refractivity contribution in [2.75, 3.05) is 13.2 Å². The molecule has 0 saturated carbocycles. The monoisotopic (exact) mass is 863 g/mol. The maximum Gasteiger partial charge on any atom is 0.306 e. The van der Waals surface area contributed by atoms with Gasteiger partial charge in [0.25, 0.3) is 0 Å². The Hall–Kier alpha value is -3.41. The zero-order valence-electron chi connectivity index (χ0n) is 40.4. The normalized spacial score (nSPS) is 12.8. The molecule has 0 aromatic heterocycles. The molecule has 0 aliphatic carbocycles. The summed E-state index contributed by atoms with van der Waals surface area (Å²) in [5.74, 6) is -0.995. The molecule has 0 saturated heterocycles. The van der Waals surface area contributed by atoms with Crippen molar-refractivity contribution in [2.24, 2.45) is 0 Å². The molecule has 6 nitrogen and oxygen atoms in total. The third-order valence-corrected chi connectivity index (χ3v) is 10.7. The zero-order valence-corrected chi connectivity index (χ0v) is 40.4. The second-order valence-corrected chi connectivity index (χ2v) is 16.8. The first-order valence-corrected chi connectivity index (χ1v) is 25.7. The number of carbonyl (C=O) groups excluding carboxylic acids is 3. The molecule has 6 heteroatoms. The number of ether oxygens (including phenoxy) is 3. The summed E-state index contributed by atoms with van der Waals surface area (Å²) in [6.45, 7) is 6.40. The Labute approximate surface area is 382 Å². The smallest absolute Gasteiger partial charge is 0.306 e. The topological polar surface area (TPSA) is 78.9 Å². The van der Waals surface area contributed by atoms with Gasteiger partial charge in [0.15, 0.2) is 6.10 Å². The highest BCUT2D eigenvalue weighted by atomic mass is 16.6. The van der Waals surface area contributed by atoms with Crippen molar-refractivity contribution in [1.82, 2.24) is 0 Å². The highest BCUT2D eigenvalue weighted by Gasteiger charge is 2.19. The maximum absolute atomic E-state index is 12.8. The molecule has 0 N–H and O–H groups in total. The number of carbonyl (C=O) groups is 3. The van der Waals surface area contributed by atoms with Crippen LogP contribution in [0.1, 0.15) is 233 Å². The predicted molar refractivity (Wildman–Crippen MR) is 265 cm³/mol. The molecular weight excluding hydrogens is 769 g/mol. The minimum Gasteiger partial charge on any atom is -0.462 e. The Morgan fingerprint density at radius 2 is 0.661 bits per heavy atom. The fourth-order valence-electron chi connectivity index (χ4n) is 6.87. The number of hydrogen-bond acceptors (Lipinski definition) is 6. The molecule has 0 spiro atoms. The lowest BCUT2D eigenvalue weighted by molar-refractivity contribution is -0.167. The standard InChI is InChI=1S/C56H94O6/c1-4-7-10-13-16-19-22-25-27-29-31-34-37-40-43-46-49-55(58)61-52-53(51-60-54(57)48-45-42-39-36-33-30-24-21-18-15-12-9-6-3)62-56(59)50-47-44-41-38-35-32-28-26-23-20-17-14-11-8-5-2/h9,12,15,18,20-21,23-24,27,29-30,33,36,39,53H,4-8,10-11,13-14,16-17,19,22,25-26,28,31-32,34-35,37-38,40-52H2,1-3H3/b12-9+,18-15+,23-20+,24-21+,29-27+,33-30+,39-36+. The Bertz CT molecular complexity index is 1220. The number of unbranched alkanes of at least 4 members (excludes halogenated alkanes) is 24. The lowest BCUT2D eigenvalue weighted by atomic mass is 10.1. The fraction of sp³-hybridized carbons (Fsp3) is 0.696. The van der Waals surface area contributed by atoms with E-state index < -0.39 is 6.10 Å². The van der Waals surface area contributed by atoms with Crippen LogP contribution in [0.5, 0.6) is 0 Å². The quantitative estimate of drug-likeness (QED) is 0.0199. The first-order chi connectivity index (χ1) is 30.5. The Kier molecular flexibility index (Phi) is 47.5. The van der Waals surface area contributed by atoms with Gasteiger partial charge in [0, 0.05) is 19.3 Å². The van der Waals surface area contributed by atoms with E-state index in [1.165, 1.54) is 122 Å². The Morgan fingerprint density at radius 1 is 0.339 bits per heavy atom. The molecule has 0 aromatic rings. The summed E-state index contributed by atoms with van der Waals surface area (Å²) in [4.78, 5) is 37.9. The molecule has 1 atom stereocenters. The van der Waals surface area contributed by atoms with E-state index in [1.54, 1.807) is 0 Å². The van der Waals surface area contributed by atoms with Crippen LogP contribution in [0.3, 0.4) is 0 Å². The molecule has 354 valence electrons. The Balaban J connectivity index is 4.49. The van der Waals surface area contributed by atoms with Crippen molar-refractivity contribution in [3.05, 3.63) is 85.1 Å². The lowest BCUT2D eigenvalue weighted by Crippen LogP contribution is -2.30. The van der Waals surface area contributed by atoms with E-state index >= 15 is 0 Å². The van der Waals surface area contributed by atoms with Crippen molar-refractivity contribution in [1.29, 1.82) is 0 Å². The summed E-state index contributed by atoms with van der Waals surface area (Å²) >= 11 is 0. The van der Waals surface area contributed by atoms with E-state index in [4.69, 9.17) is 14.2 Å². The van der Waals surface area contributed by atoms with E-state index in [9.17, 15) is 14.4 Å². The van der Waals surface area contributed by atoms with Gasteiger partial charge in [-0.05, 0) is 83.5 Å². The largest absolute Gasteiger partial charge is 0.462 e. The molecule has 0 aliphatic heterocycles. The summed E-state index contributed by atoms with van der Waals surface area (Å²) < 4.78 is 16.7. The highest BCUT2D eigenvalue weighted by molar-refractivity contribution is 5.71. The molecule has 0 radical (unpaired) electrons. The summed E-state index contributed by atoms with van der Waals surface area (Å²) in [5, 5.41) is 0. The molecule has 0 heterocycles. The van der Waals surface area contributed by atoms with Gasteiger partial charge in [-0.25, -0.2) is 0 Å².